The Morgan fingerprint density at radius 3 is 2.64 bits per heavy atom. The number of nitrogens with one attached hydrogen (secondary N) is 1. The van der Waals surface area contributed by atoms with Crippen LogP contribution in [-0.2, 0) is 9.59 Å². The summed E-state index contributed by atoms with van der Waals surface area (Å²) in [5, 5.41) is 2.94. The van der Waals surface area contributed by atoms with E-state index in [1.54, 1.807) is 0 Å². The molecule has 5 nitrogen and oxygen atoms in total. The number of rotatable bonds is 0. The molecule has 3 N–H and O–H groups in total. The second kappa shape index (κ2) is 4.13. The van der Waals surface area contributed by atoms with Crippen LogP contribution in [0.5, 0.6) is 0 Å². The van der Waals surface area contributed by atoms with Crippen LogP contribution in [-0.4, -0.2) is 21.9 Å². The molecule has 1 saturated heterocycles. The molecule has 1 aliphatic rings. The molecule has 0 spiro atoms. The molecule has 1 aliphatic heterocycles. The van der Waals surface area contributed by atoms with Crippen molar-refractivity contribution in [2.75, 3.05) is 0 Å². The second-order valence-electron chi connectivity index (χ2n) is 1.79. The molecule has 0 aromatic carbocycles. The third-order valence-electron chi connectivity index (χ3n) is 1.05. The van der Waals surface area contributed by atoms with Gasteiger partial charge in [0.05, 0.1) is 0 Å². The first-order chi connectivity index (χ1) is 4.61. The van der Waals surface area contributed by atoms with Crippen molar-refractivity contribution in [1.82, 2.24) is 10.3 Å². The van der Waals surface area contributed by atoms with Crippen LogP contribution >= 0.6 is 12.2 Å². The molecule has 0 aromatic heterocycles. The molecule has 2 amide bonds. The Kier molecular flexibility index (Phi) is 4.12. The number of hydrogen-bond acceptors (Lipinski definition) is 4. The van der Waals surface area contributed by atoms with Crippen LogP contribution in [0, 0.1) is 0 Å². The minimum atomic E-state index is -0.478. The summed E-state index contributed by atoms with van der Waals surface area (Å²) in [5.74, 6) is 4.23. The number of hydrogen-bond donors (Lipinski definition) is 2. The quantitative estimate of drug-likeness (QED) is 0.131. The maximum atomic E-state index is 10.7. The predicted octanol–water partition coefficient (Wildman–Crippen LogP) is -4.39. The van der Waals surface area contributed by atoms with Gasteiger partial charge in [0.2, 0.25) is 5.91 Å². The van der Waals surface area contributed by atoms with Crippen molar-refractivity contribution in [3.63, 3.8) is 0 Å². The van der Waals surface area contributed by atoms with Crippen LogP contribution in [0.25, 0.3) is 0 Å². The first-order valence-corrected chi connectivity index (χ1v) is 2.93. The number of carbonyl (C=O) groups is 2. The van der Waals surface area contributed by atoms with Crippen molar-refractivity contribution in [3.8, 4) is 0 Å². The maximum absolute atomic E-state index is 10.7. The fourth-order valence-electron chi connectivity index (χ4n) is 0.559. The summed E-state index contributed by atoms with van der Waals surface area (Å²) in [6, 6.07) is 0. The third kappa shape index (κ3) is 2.49. The van der Waals surface area contributed by atoms with E-state index < -0.39 is 11.8 Å². The summed E-state index contributed by atoms with van der Waals surface area (Å²) in [7, 11) is 0. The average molecular weight is 183 g/mol. The Morgan fingerprint density at radius 1 is 1.64 bits per heavy atom. The Hall–Kier alpha value is -0.0100. The van der Waals surface area contributed by atoms with Gasteiger partial charge in [0.1, 0.15) is 6.42 Å². The van der Waals surface area contributed by atoms with Crippen LogP contribution in [0.4, 0.5) is 0 Å². The monoisotopic (exact) mass is 183 g/mol. The number of carbonyl (C=O) groups excluding carboxylic acids is 2. The van der Waals surface area contributed by atoms with Crippen LogP contribution in [0.2, 0.25) is 0 Å². The molecule has 0 unspecified atom stereocenters. The van der Waals surface area contributed by atoms with Gasteiger partial charge in [0.15, 0.2) is 5.11 Å². The standard InChI is InChI=1S/C4H5N3O2S.Na.H/c5-7-3(9)1-2(8)6-4(7)10;;/h1,5H2,(H,6,8,10);;/q;+1;-1. The number of hydrazine groups is 1. The fraction of sp³-hybridized carbons (Fsp3) is 0.250. The van der Waals surface area contributed by atoms with Gasteiger partial charge in [-0.05, 0) is 12.2 Å². The van der Waals surface area contributed by atoms with E-state index in [4.69, 9.17) is 5.84 Å². The SMILES string of the molecule is NN1C(=O)CC(=O)NC1=S.[H-].[Na+]. The summed E-state index contributed by atoms with van der Waals surface area (Å²) in [5.41, 5.74) is 0. The third-order valence-corrected chi connectivity index (χ3v) is 1.34. The summed E-state index contributed by atoms with van der Waals surface area (Å²) < 4.78 is 0. The summed E-state index contributed by atoms with van der Waals surface area (Å²) in [6.45, 7) is 0. The van der Waals surface area contributed by atoms with Crippen molar-refractivity contribution >= 4 is 29.1 Å². The van der Waals surface area contributed by atoms with E-state index in [1.165, 1.54) is 0 Å². The molecule has 56 valence electrons. The topological polar surface area (TPSA) is 75.4 Å². The van der Waals surface area contributed by atoms with Gasteiger partial charge in [-0.25, -0.2) is 10.9 Å². The van der Waals surface area contributed by atoms with Gasteiger partial charge in [0, 0.05) is 0 Å². The van der Waals surface area contributed by atoms with Crippen molar-refractivity contribution < 1.29 is 40.6 Å². The average Bonchev–Trinajstić information content (AvgIpc) is 1.82. The molecule has 1 rings (SSSR count). The van der Waals surface area contributed by atoms with Gasteiger partial charge in [-0.2, -0.15) is 0 Å². The van der Waals surface area contributed by atoms with E-state index in [9.17, 15) is 9.59 Å². The Labute approximate surface area is 92.0 Å². The fourth-order valence-corrected chi connectivity index (χ4v) is 0.775. The van der Waals surface area contributed by atoms with Crippen molar-refractivity contribution in [2.45, 2.75) is 6.42 Å². The zero-order chi connectivity index (χ0) is 7.72. The van der Waals surface area contributed by atoms with E-state index >= 15 is 0 Å². The zero-order valence-electron chi connectivity index (χ0n) is 6.96. The van der Waals surface area contributed by atoms with Crippen LogP contribution in [0.3, 0.4) is 0 Å². The van der Waals surface area contributed by atoms with E-state index in [0.717, 1.165) is 5.01 Å². The molecule has 7 heteroatoms. The number of thiocarbonyl (C=S) groups is 1. The van der Waals surface area contributed by atoms with E-state index in [0.29, 0.717) is 0 Å². The minimum Gasteiger partial charge on any atom is -1.00 e. The van der Waals surface area contributed by atoms with Crippen molar-refractivity contribution in [2.24, 2.45) is 5.84 Å². The first kappa shape index (κ1) is 11.0. The van der Waals surface area contributed by atoms with Gasteiger partial charge in [-0.15, -0.1) is 0 Å². The van der Waals surface area contributed by atoms with Crippen molar-refractivity contribution in [3.05, 3.63) is 0 Å². The molecule has 0 atom stereocenters. The largest absolute Gasteiger partial charge is 1.00 e. The van der Waals surface area contributed by atoms with Gasteiger partial charge in [0.25, 0.3) is 5.91 Å². The van der Waals surface area contributed by atoms with Gasteiger partial charge < -0.3 is 6.74 Å². The van der Waals surface area contributed by atoms with Gasteiger partial charge in [-0.3, -0.25) is 9.59 Å². The van der Waals surface area contributed by atoms with Gasteiger partial charge in [-0.1, -0.05) is 0 Å². The first-order valence-electron chi connectivity index (χ1n) is 2.52. The van der Waals surface area contributed by atoms with E-state index in [2.05, 4.69) is 17.5 Å². The Morgan fingerprint density at radius 2 is 2.18 bits per heavy atom. The molecule has 0 radical (unpaired) electrons. The van der Waals surface area contributed by atoms with Crippen LogP contribution in [0.15, 0.2) is 0 Å². The normalized spacial score (nSPS) is 17.5. The van der Waals surface area contributed by atoms with Gasteiger partial charge >= 0.3 is 29.6 Å². The molecule has 0 aromatic rings. The van der Waals surface area contributed by atoms with Crippen molar-refractivity contribution in [1.29, 1.82) is 0 Å². The molecule has 0 aliphatic carbocycles. The van der Waals surface area contributed by atoms with Crippen LogP contribution in [0.1, 0.15) is 7.85 Å². The molecule has 11 heavy (non-hydrogen) atoms. The maximum Gasteiger partial charge on any atom is 1.00 e. The molecule has 0 bridgehead atoms. The summed E-state index contributed by atoms with van der Waals surface area (Å²) in [4.78, 5) is 21.2. The predicted molar refractivity (Wildman–Crippen MR) is 37.5 cm³/mol. The summed E-state index contributed by atoms with van der Waals surface area (Å²) >= 11 is 4.53. The molecular weight excluding hydrogens is 177 g/mol. The van der Waals surface area contributed by atoms with E-state index in [-0.39, 0.29) is 42.5 Å². The van der Waals surface area contributed by atoms with Crippen LogP contribution < -0.4 is 40.7 Å². The number of amides is 2. The Bertz CT molecular complexity index is 204. The number of nitrogens with two attached hydrogens (primary N) is 1. The molecule has 1 fully saturated rings. The number of nitrogens with zero attached hydrogens (tertiary/aromatic N) is 1. The smallest absolute Gasteiger partial charge is 1.00 e. The second-order valence-corrected chi connectivity index (χ2v) is 2.18. The summed E-state index contributed by atoms with van der Waals surface area (Å²) in [6.07, 6.45) is -0.226. The molecule has 1 heterocycles. The minimum absolute atomic E-state index is 0. The molecular formula is C4H6N3NaO2S. The Balaban J connectivity index is 0. The van der Waals surface area contributed by atoms with E-state index in [1.807, 2.05) is 0 Å². The zero-order valence-corrected chi connectivity index (χ0v) is 8.77. The molecule has 0 saturated carbocycles.